The Morgan fingerprint density at radius 1 is 0.884 bits per heavy atom. The number of rotatable bonds is 12. The van der Waals surface area contributed by atoms with Gasteiger partial charge >= 0.3 is 0 Å². The number of benzene rings is 3. The fourth-order valence-corrected chi connectivity index (χ4v) is 6.13. The number of hydrogen-bond acceptors (Lipinski definition) is 8. The average Bonchev–Trinajstić information content (AvgIpc) is 3.72. The van der Waals surface area contributed by atoms with Crippen molar-refractivity contribution in [2.75, 3.05) is 31.9 Å². The summed E-state index contributed by atoms with van der Waals surface area (Å²) in [5.41, 5.74) is 0.375. The van der Waals surface area contributed by atoms with E-state index in [0.717, 1.165) is 18.4 Å². The fourth-order valence-electron chi connectivity index (χ4n) is 6.13. The van der Waals surface area contributed by atoms with Crippen molar-refractivity contribution in [3.8, 4) is 28.7 Å². The van der Waals surface area contributed by atoms with E-state index in [-0.39, 0.29) is 31.4 Å². The molecule has 0 aromatic heterocycles. The van der Waals surface area contributed by atoms with Gasteiger partial charge in [0.1, 0.15) is 41.7 Å². The third-order valence-electron chi connectivity index (χ3n) is 8.18. The normalized spacial score (nSPS) is 19.3. The van der Waals surface area contributed by atoms with Gasteiger partial charge in [0.05, 0.1) is 24.5 Å². The van der Waals surface area contributed by atoms with E-state index in [4.69, 9.17) is 23.7 Å². The molecule has 10 heteroatoms. The van der Waals surface area contributed by atoms with Crippen LogP contribution in [0.2, 0.25) is 0 Å². The molecular weight excluding hydrogens is 557 g/mol. The largest absolute Gasteiger partial charge is 0.493 e. The van der Waals surface area contributed by atoms with E-state index in [1.807, 2.05) is 19.9 Å². The summed E-state index contributed by atoms with van der Waals surface area (Å²) in [5, 5.41) is 23.9. The third-order valence-corrected chi connectivity index (χ3v) is 8.18. The maximum absolute atomic E-state index is 15.3. The first-order valence-electron chi connectivity index (χ1n) is 14.8. The molecule has 1 amide bonds. The minimum Gasteiger partial charge on any atom is -0.493 e. The Labute approximate surface area is 249 Å². The SMILES string of the molecule is CCC[C@@H](O)COc1cc2c(cc1C1(c3cc4c(cc3OC[C@H](O)CCC)OCO4)C(=O)Nc3c(F)cccc31)OCC2. The third kappa shape index (κ3) is 5.12. The maximum atomic E-state index is 15.3. The average molecular weight is 594 g/mol. The van der Waals surface area contributed by atoms with Gasteiger partial charge in [-0.25, -0.2) is 4.39 Å². The molecule has 0 fully saturated rings. The molecule has 3 aliphatic rings. The van der Waals surface area contributed by atoms with Gasteiger partial charge in [0.2, 0.25) is 12.7 Å². The van der Waals surface area contributed by atoms with E-state index < -0.39 is 29.3 Å². The van der Waals surface area contributed by atoms with Crippen molar-refractivity contribution >= 4 is 11.6 Å². The lowest BCUT2D eigenvalue weighted by atomic mass is 9.69. The van der Waals surface area contributed by atoms with Gasteiger partial charge in [-0.2, -0.15) is 0 Å². The van der Waals surface area contributed by atoms with Crippen LogP contribution in [0.3, 0.4) is 0 Å². The van der Waals surface area contributed by atoms with Crippen LogP contribution in [-0.2, 0) is 16.6 Å². The van der Waals surface area contributed by atoms with Gasteiger partial charge < -0.3 is 39.2 Å². The van der Waals surface area contributed by atoms with Gasteiger partial charge in [-0.15, -0.1) is 0 Å². The summed E-state index contributed by atoms with van der Waals surface area (Å²) in [6, 6.07) is 11.4. The van der Waals surface area contributed by atoms with Gasteiger partial charge in [-0.1, -0.05) is 38.8 Å². The number of aliphatic hydroxyl groups excluding tert-OH is 2. The molecule has 9 nitrogen and oxygen atoms in total. The van der Waals surface area contributed by atoms with Crippen molar-refractivity contribution in [3.63, 3.8) is 0 Å². The van der Waals surface area contributed by atoms with Crippen molar-refractivity contribution in [2.45, 2.75) is 63.6 Å². The van der Waals surface area contributed by atoms with Gasteiger partial charge in [0, 0.05) is 34.7 Å². The highest BCUT2D eigenvalue weighted by molar-refractivity contribution is 6.12. The number of ether oxygens (including phenoxy) is 5. The van der Waals surface area contributed by atoms with Crippen LogP contribution in [0.4, 0.5) is 10.1 Å². The summed E-state index contributed by atoms with van der Waals surface area (Å²) in [7, 11) is 0. The zero-order valence-corrected chi connectivity index (χ0v) is 24.3. The number of aliphatic hydroxyl groups is 2. The van der Waals surface area contributed by atoms with E-state index in [9.17, 15) is 15.0 Å². The second-order valence-corrected chi connectivity index (χ2v) is 11.1. The molecule has 1 unspecified atom stereocenters. The Hall–Kier alpha value is -4.02. The Balaban J connectivity index is 1.61. The number of anilines is 1. The Kier molecular flexibility index (Phi) is 8.07. The standard InChI is InChI=1S/C33H36FNO8/c1-3-6-20(36)16-40-27-12-19-10-11-39-26(19)13-23(27)33(22-8-5-9-25(34)31(22)35-32(33)38)24-14-29-30(43-18-42-29)15-28(24)41-17-21(37)7-4-2/h5,8-9,12-15,20-21,36-37H,3-4,6-7,10-11,16-18H2,1-2H3,(H,35,38)/t20-,21-,33?/m1/s1. The van der Waals surface area contributed by atoms with Gasteiger partial charge in [-0.3, -0.25) is 4.79 Å². The topological polar surface area (TPSA) is 116 Å². The van der Waals surface area contributed by atoms with Gasteiger partial charge in [0.15, 0.2) is 11.5 Å². The molecule has 0 spiro atoms. The second kappa shape index (κ2) is 11.9. The highest BCUT2D eigenvalue weighted by Crippen LogP contribution is 2.56. The monoisotopic (exact) mass is 593 g/mol. The zero-order valence-electron chi connectivity index (χ0n) is 24.3. The first kappa shape index (κ1) is 29.1. The number of amides is 1. The lowest BCUT2D eigenvalue weighted by Gasteiger charge is -2.33. The van der Waals surface area contributed by atoms with E-state index in [0.29, 0.717) is 65.6 Å². The Morgan fingerprint density at radius 2 is 1.51 bits per heavy atom. The smallest absolute Gasteiger partial charge is 0.244 e. The Morgan fingerprint density at radius 3 is 2.19 bits per heavy atom. The van der Waals surface area contributed by atoms with Crippen LogP contribution in [0, 0.1) is 5.82 Å². The van der Waals surface area contributed by atoms with Crippen molar-refractivity contribution in [1.82, 2.24) is 0 Å². The van der Waals surface area contributed by atoms with Crippen LogP contribution < -0.4 is 29.0 Å². The lowest BCUT2D eigenvalue weighted by molar-refractivity contribution is -0.118. The molecule has 3 heterocycles. The number of para-hydroxylation sites is 1. The van der Waals surface area contributed by atoms with Crippen LogP contribution in [-0.4, -0.2) is 54.9 Å². The highest BCUT2D eigenvalue weighted by atomic mass is 19.1. The van der Waals surface area contributed by atoms with E-state index in [2.05, 4.69) is 5.32 Å². The molecule has 0 saturated heterocycles. The summed E-state index contributed by atoms with van der Waals surface area (Å²) in [6.07, 6.45) is 1.80. The molecule has 3 aromatic rings. The molecule has 0 saturated carbocycles. The van der Waals surface area contributed by atoms with Crippen LogP contribution in [0.25, 0.3) is 0 Å². The number of carbonyl (C=O) groups excluding carboxylic acids is 1. The van der Waals surface area contributed by atoms with Crippen LogP contribution >= 0.6 is 0 Å². The van der Waals surface area contributed by atoms with Gasteiger partial charge in [0.25, 0.3) is 0 Å². The molecular formula is C33H36FNO8. The first-order valence-corrected chi connectivity index (χ1v) is 14.8. The molecule has 43 heavy (non-hydrogen) atoms. The van der Waals surface area contributed by atoms with E-state index >= 15 is 4.39 Å². The molecule has 0 radical (unpaired) electrons. The fraction of sp³-hybridized carbons (Fsp3) is 0.424. The highest BCUT2D eigenvalue weighted by Gasteiger charge is 2.54. The van der Waals surface area contributed by atoms with Crippen molar-refractivity contribution in [2.24, 2.45) is 0 Å². The molecule has 3 N–H and O–H groups in total. The van der Waals surface area contributed by atoms with E-state index in [1.165, 1.54) is 6.07 Å². The van der Waals surface area contributed by atoms with Crippen molar-refractivity contribution < 1.29 is 43.1 Å². The van der Waals surface area contributed by atoms with Gasteiger partial charge in [-0.05, 0) is 37.1 Å². The summed E-state index contributed by atoms with van der Waals surface area (Å²) >= 11 is 0. The number of hydrogen-bond donors (Lipinski definition) is 3. The predicted octanol–water partition coefficient (Wildman–Crippen LogP) is 4.86. The molecule has 3 atom stereocenters. The Bertz CT molecular complexity index is 1450. The summed E-state index contributed by atoms with van der Waals surface area (Å²) < 4.78 is 45.1. The molecule has 0 bridgehead atoms. The van der Waals surface area contributed by atoms with Crippen molar-refractivity contribution in [3.05, 3.63) is 70.5 Å². The van der Waals surface area contributed by atoms with Crippen LogP contribution in [0.5, 0.6) is 28.7 Å². The number of nitrogens with one attached hydrogen (secondary N) is 1. The summed E-state index contributed by atoms with van der Waals surface area (Å²) in [5.74, 6) is 0.927. The minimum atomic E-state index is -1.69. The summed E-state index contributed by atoms with van der Waals surface area (Å²) in [6.45, 7) is 4.36. The summed E-state index contributed by atoms with van der Waals surface area (Å²) in [4.78, 5) is 14.5. The van der Waals surface area contributed by atoms with E-state index in [1.54, 1.807) is 30.3 Å². The molecule has 228 valence electrons. The maximum Gasteiger partial charge on any atom is 0.244 e. The van der Waals surface area contributed by atoms with Crippen LogP contribution in [0.15, 0.2) is 42.5 Å². The zero-order chi connectivity index (χ0) is 30.1. The lowest BCUT2D eigenvalue weighted by Crippen LogP contribution is -2.38. The molecule has 6 rings (SSSR count). The molecule has 3 aromatic carbocycles. The second-order valence-electron chi connectivity index (χ2n) is 11.1. The number of carbonyl (C=O) groups is 1. The predicted molar refractivity (Wildman–Crippen MR) is 156 cm³/mol. The first-order chi connectivity index (χ1) is 20.9. The minimum absolute atomic E-state index is 0.00188. The van der Waals surface area contributed by atoms with Crippen LogP contribution in [0.1, 0.15) is 61.8 Å². The number of halogens is 1. The quantitative estimate of drug-likeness (QED) is 0.273. The number of fused-ring (bicyclic) bond motifs is 3. The van der Waals surface area contributed by atoms with Crippen molar-refractivity contribution in [1.29, 1.82) is 0 Å². The molecule has 0 aliphatic carbocycles. The molecule has 3 aliphatic heterocycles.